The minimum Gasteiger partial charge on any atom is -0.428 e. The maximum Gasteiger partial charge on any atom is 0.339 e. The summed E-state index contributed by atoms with van der Waals surface area (Å²) in [5, 5.41) is 10.3. The topological polar surface area (TPSA) is 55.8 Å². The predicted molar refractivity (Wildman–Crippen MR) is 78.4 cm³/mol. The molecule has 0 unspecified atom stereocenters. The molecule has 3 rings (SSSR count). The average Bonchev–Trinajstić information content (AvgIpc) is 2.68. The van der Waals surface area contributed by atoms with Crippen LogP contribution >= 0.6 is 0 Å². The molecule has 0 amide bonds. The Bertz CT molecular complexity index is 493. The van der Waals surface area contributed by atoms with Crippen molar-refractivity contribution in [1.29, 1.82) is 0 Å². The first-order valence-electron chi connectivity index (χ1n) is 8.06. The van der Waals surface area contributed by atoms with Gasteiger partial charge in [-0.2, -0.15) is 0 Å². The molecular weight excluding hydrogens is 268 g/mol. The standard InChI is InChI=1S/C17H26O4/c1-5-20-10-9-11-16(2,3)7-6-8-17(11,4)13-12(10)14(18)21-15(13)19/h10-11,15,19H,5-9H2,1-4H3/t10-,11+,15+,17+/m1/s1. The zero-order valence-electron chi connectivity index (χ0n) is 13.4. The molecule has 1 aliphatic heterocycles. The van der Waals surface area contributed by atoms with Gasteiger partial charge in [-0.1, -0.05) is 27.2 Å². The van der Waals surface area contributed by atoms with E-state index in [0.29, 0.717) is 18.1 Å². The minimum atomic E-state index is -1.09. The Morgan fingerprint density at radius 2 is 2.05 bits per heavy atom. The molecule has 0 spiro atoms. The molecule has 4 atom stereocenters. The third kappa shape index (κ3) is 2.07. The smallest absolute Gasteiger partial charge is 0.339 e. The van der Waals surface area contributed by atoms with Crippen LogP contribution < -0.4 is 0 Å². The normalized spacial score (nSPS) is 41.6. The first kappa shape index (κ1) is 15.0. The van der Waals surface area contributed by atoms with Crippen molar-refractivity contribution in [2.24, 2.45) is 16.7 Å². The lowest BCUT2D eigenvalue weighted by Crippen LogP contribution is -2.50. The van der Waals surface area contributed by atoms with Gasteiger partial charge in [0, 0.05) is 12.2 Å². The quantitative estimate of drug-likeness (QED) is 0.796. The minimum absolute atomic E-state index is 0.156. The largest absolute Gasteiger partial charge is 0.428 e. The summed E-state index contributed by atoms with van der Waals surface area (Å²) >= 11 is 0. The van der Waals surface area contributed by atoms with Gasteiger partial charge in [-0.15, -0.1) is 0 Å². The van der Waals surface area contributed by atoms with Crippen molar-refractivity contribution in [3.05, 3.63) is 11.1 Å². The molecule has 1 N–H and O–H groups in total. The number of carbonyl (C=O) groups is 1. The fourth-order valence-corrected chi connectivity index (χ4v) is 5.07. The molecule has 1 fully saturated rings. The van der Waals surface area contributed by atoms with Gasteiger partial charge in [0.25, 0.3) is 0 Å². The van der Waals surface area contributed by atoms with Gasteiger partial charge in [0.2, 0.25) is 6.29 Å². The van der Waals surface area contributed by atoms with Gasteiger partial charge in [-0.25, -0.2) is 4.79 Å². The Hall–Kier alpha value is -0.870. The molecule has 2 aliphatic carbocycles. The lowest BCUT2D eigenvalue weighted by atomic mass is 9.50. The number of rotatable bonds is 2. The van der Waals surface area contributed by atoms with Gasteiger partial charge in [0.05, 0.1) is 11.7 Å². The van der Waals surface area contributed by atoms with Crippen LogP contribution in [0.25, 0.3) is 0 Å². The molecule has 118 valence electrons. The number of carbonyl (C=O) groups excluding carboxylic acids is 1. The zero-order valence-corrected chi connectivity index (χ0v) is 13.4. The van der Waals surface area contributed by atoms with Crippen LogP contribution in [0.3, 0.4) is 0 Å². The number of cyclic esters (lactones) is 1. The van der Waals surface area contributed by atoms with Crippen molar-refractivity contribution in [1.82, 2.24) is 0 Å². The molecule has 1 heterocycles. The van der Waals surface area contributed by atoms with Crippen LogP contribution in [0.5, 0.6) is 0 Å². The molecule has 21 heavy (non-hydrogen) atoms. The van der Waals surface area contributed by atoms with Crippen molar-refractivity contribution in [3.63, 3.8) is 0 Å². The van der Waals surface area contributed by atoms with E-state index in [2.05, 4.69) is 20.8 Å². The summed E-state index contributed by atoms with van der Waals surface area (Å²) < 4.78 is 11.0. The van der Waals surface area contributed by atoms with E-state index in [1.54, 1.807) is 0 Å². The fourth-order valence-electron chi connectivity index (χ4n) is 5.07. The second-order valence-electron chi connectivity index (χ2n) is 7.58. The van der Waals surface area contributed by atoms with Crippen LogP contribution in [-0.4, -0.2) is 30.1 Å². The lowest BCUT2D eigenvalue weighted by Gasteiger charge is -2.55. The summed E-state index contributed by atoms with van der Waals surface area (Å²) in [6.07, 6.45) is 2.84. The Balaban J connectivity index is 2.12. The third-order valence-corrected chi connectivity index (χ3v) is 5.96. The van der Waals surface area contributed by atoms with Crippen molar-refractivity contribution >= 4 is 5.97 Å². The van der Waals surface area contributed by atoms with Crippen molar-refractivity contribution in [3.8, 4) is 0 Å². The molecule has 0 saturated heterocycles. The number of fused-ring (bicyclic) bond motifs is 2. The van der Waals surface area contributed by atoms with Gasteiger partial charge in [-0.3, -0.25) is 0 Å². The number of aliphatic hydroxyl groups is 1. The summed E-state index contributed by atoms with van der Waals surface area (Å²) in [6, 6.07) is 0. The van der Waals surface area contributed by atoms with Crippen LogP contribution in [0.2, 0.25) is 0 Å². The van der Waals surface area contributed by atoms with E-state index in [9.17, 15) is 9.90 Å². The maximum atomic E-state index is 12.2. The average molecular weight is 294 g/mol. The van der Waals surface area contributed by atoms with Crippen molar-refractivity contribution in [2.45, 2.75) is 65.8 Å². The van der Waals surface area contributed by atoms with Gasteiger partial charge in [0.1, 0.15) is 0 Å². The summed E-state index contributed by atoms with van der Waals surface area (Å²) in [5.41, 5.74) is 1.43. The number of esters is 1. The first-order chi connectivity index (χ1) is 9.81. The number of ether oxygens (including phenoxy) is 2. The SMILES string of the molecule is CCO[C@@H]1C[C@H]2C(C)(C)CCC[C@]2(C)C2=C1C(=O)O[C@@H]2O. The molecule has 0 aromatic heterocycles. The Morgan fingerprint density at radius 3 is 2.71 bits per heavy atom. The number of hydrogen-bond donors (Lipinski definition) is 1. The first-order valence-corrected chi connectivity index (χ1v) is 8.06. The summed E-state index contributed by atoms with van der Waals surface area (Å²) in [6.45, 7) is 9.30. The van der Waals surface area contributed by atoms with Crippen LogP contribution in [0, 0.1) is 16.7 Å². The maximum absolute atomic E-state index is 12.2. The van der Waals surface area contributed by atoms with Crippen LogP contribution in [0.15, 0.2) is 11.1 Å². The van der Waals surface area contributed by atoms with Crippen molar-refractivity contribution < 1.29 is 19.4 Å². The van der Waals surface area contributed by atoms with E-state index < -0.39 is 6.29 Å². The van der Waals surface area contributed by atoms with Crippen LogP contribution in [0.1, 0.15) is 53.4 Å². The van der Waals surface area contributed by atoms with Crippen molar-refractivity contribution in [2.75, 3.05) is 6.61 Å². The molecule has 4 heteroatoms. The Kier molecular flexibility index (Phi) is 3.45. The predicted octanol–water partition coefficient (Wildman–Crippen LogP) is 2.80. The molecule has 0 bridgehead atoms. The molecule has 3 aliphatic rings. The van der Waals surface area contributed by atoms with E-state index in [0.717, 1.165) is 24.8 Å². The van der Waals surface area contributed by atoms with Gasteiger partial charge in [-0.05, 0) is 42.9 Å². The molecule has 4 nitrogen and oxygen atoms in total. The molecule has 1 saturated carbocycles. The van der Waals surface area contributed by atoms with E-state index in [-0.39, 0.29) is 22.9 Å². The van der Waals surface area contributed by atoms with E-state index in [1.165, 1.54) is 6.42 Å². The molecule has 0 radical (unpaired) electrons. The molecular formula is C17H26O4. The van der Waals surface area contributed by atoms with Crippen LogP contribution in [-0.2, 0) is 14.3 Å². The summed E-state index contributed by atoms with van der Waals surface area (Å²) in [7, 11) is 0. The summed E-state index contributed by atoms with van der Waals surface area (Å²) in [4.78, 5) is 12.2. The monoisotopic (exact) mass is 294 g/mol. The highest BCUT2D eigenvalue weighted by Crippen LogP contribution is 2.61. The van der Waals surface area contributed by atoms with E-state index in [1.807, 2.05) is 6.92 Å². The Morgan fingerprint density at radius 1 is 1.33 bits per heavy atom. The lowest BCUT2D eigenvalue weighted by molar-refractivity contribution is -0.153. The molecule has 0 aromatic carbocycles. The molecule has 0 aromatic rings. The van der Waals surface area contributed by atoms with Gasteiger partial charge in [0.15, 0.2) is 0 Å². The number of aliphatic hydroxyl groups excluding tert-OH is 1. The second-order valence-corrected chi connectivity index (χ2v) is 7.58. The summed E-state index contributed by atoms with van der Waals surface area (Å²) in [5.74, 6) is 0.0113. The number of hydrogen-bond acceptors (Lipinski definition) is 4. The van der Waals surface area contributed by atoms with E-state index >= 15 is 0 Å². The Labute approximate surface area is 126 Å². The zero-order chi connectivity index (χ0) is 15.4. The second kappa shape index (κ2) is 4.82. The van der Waals surface area contributed by atoms with E-state index in [4.69, 9.17) is 9.47 Å². The highest BCUT2D eigenvalue weighted by Gasteiger charge is 2.58. The third-order valence-electron chi connectivity index (χ3n) is 5.96. The fraction of sp³-hybridized carbons (Fsp3) is 0.824. The van der Waals surface area contributed by atoms with Crippen LogP contribution in [0.4, 0.5) is 0 Å². The highest BCUT2D eigenvalue weighted by molar-refractivity contribution is 5.94. The van der Waals surface area contributed by atoms with Gasteiger partial charge >= 0.3 is 5.97 Å². The van der Waals surface area contributed by atoms with Gasteiger partial charge < -0.3 is 14.6 Å². The highest BCUT2D eigenvalue weighted by atomic mass is 16.6.